The highest BCUT2D eigenvalue weighted by Gasteiger charge is 2.29. The molecule has 1 saturated carbocycles. The number of hydrogen-bond acceptors (Lipinski definition) is 4. The summed E-state index contributed by atoms with van der Waals surface area (Å²) >= 11 is 0. The minimum atomic E-state index is -0.0224. The van der Waals surface area contributed by atoms with Crippen LogP contribution < -0.4 is 10.6 Å². The van der Waals surface area contributed by atoms with Gasteiger partial charge in [0.05, 0.1) is 5.56 Å². The quantitative estimate of drug-likeness (QED) is 0.833. The molecule has 5 heteroatoms. The topological polar surface area (TPSA) is 62.5 Å². The van der Waals surface area contributed by atoms with Crippen LogP contribution in [0.15, 0.2) is 18.3 Å². The Balaban J connectivity index is 2.12. The number of aromatic nitrogens is 1. The smallest absolute Gasteiger partial charge is 0.254 e. The SMILES string of the molecule is CN(C)C(=O)c1ccc(N(CCN)C2CC2)nc1. The second-order valence-electron chi connectivity index (χ2n) is 4.82. The van der Waals surface area contributed by atoms with Gasteiger partial charge in [0, 0.05) is 39.4 Å². The van der Waals surface area contributed by atoms with Gasteiger partial charge in [-0.3, -0.25) is 4.79 Å². The first kappa shape index (κ1) is 12.8. The maximum atomic E-state index is 11.7. The molecule has 18 heavy (non-hydrogen) atoms. The monoisotopic (exact) mass is 248 g/mol. The Morgan fingerprint density at radius 2 is 2.17 bits per heavy atom. The van der Waals surface area contributed by atoms with E-state index in [1.54, 1.807) is 25.2 Å². The summed E-state index contributed by atoms with van der Waals surface area (Å²) in [6, 6.07) is 4.32. The molecule has 1 aliphatic rings. The van der Waals surface area contributed by atoms with E-state index in [9.17, 15) is 4.79 Å². The number of hydrogen-bond donors (Lipinski definition) is 1. The van der Waals surface area contributed by atoms with Gasteiger partial charge in [-0.25, -0.2) is 4.98 Å². The van der Waals surface area contributed by atoms with E-state index in [0.29, 0.717) is 18.2 Å². The second-order valence-corrected chi connectivity index (χ2v) is 4.82. The number of carbonyl (C=O) groups is 1. The predicted molar refractivity (Wildman–Crippen MR) is 71.7 cm³/mol. The molecule has 0 unspecified atom stereocenters. The maximum Gasteiger partial charge on any atom is 0.254 e. The standard InChI is InChI=1S/C13H20N4O/c1-16(2)13(18)10-3-6-12(15-9-10)17(8-7-14)11-4-5-11/h3,6,9,11H,4-5,7-8,14H2,1-2H3. The Morgan fingerprint density at radius 3 is 2.61 bits per heavy atom. The van der Waals surface area contributed by atoms with Crippen molar-refractivity contribution >= 4 is 11.7 Å². The van der Waals surface area contributed by atoms with Crippen molar-refractivity contribution in [2.24, 2.45) is 5.73 Å². The number of amides is 1. The number of nitrogens with zero attached hydrogens (tertiary/aromatic N) is 3. The predicted octanol–water partition coefficient (Wildman–Crippen LogP) is 0.711. The first-order valence-electron chi connectivity index (χ1n) is 6.28. The van der Waals surface area contributed by atoms with E-state index in [2.05, 4.69) is 9.88 Å². The first-order chi connectivity index (χ1) is 8.63. The van der Waals surface area contributed by atoms with Crippen LogP contribution in [0.2, 0.25) is 0 Å². The van der Waals surface area contributed by atoms with Crippen LogP contribution in [0.1, 0.15) is 23.2 Å². The molecule has 2 rings (SSSR count). The molecule has 98 valence electrons. The molecular formula is C13H20N4O. The molecular weight excluding hydrogens is 228 g/mol. The molecule has 1 heterocycles. The van der Waals surface area contributed by atoms with Crippen molar-refractivity contribution in [1.29, 1.82) is 0 Å². The zero-order valence-electron chi connectivity index (χ0n) is 11.0. The lowest BCUT2D eigenvalue weighted by Crippen LogP contribution is -2.32. The highest BCUT2D eigenvalue weighted by Crippen LogP contribution is 2.30. The summed E-state index contributed by atoms with van der Waals surface area (Å²) in [5.41, 5.74) is 6.24. The Morgan fingerprint density at radius 1 is 1.44 bits per heavy atom. The van der Waals surface area contributed by atoms with E-state index in [-0.39, 0.29) is 5.91 Å². The van der Waals surface area contributed by atoms with E-state index in [0.717, 1.165) is 12.4 Å². The van der Waals surface area contributed by atoms with Crippen LogP contribution in [0.3, 0.4) is 0 Å². The minimum absolute atomic E-state index is 0.0224. The van der Waals surface area contributed by atoms with E-state index in [4.69, 9.17) is 5.73 Å². The van der Waals surface area contributed by atoms with Gasteiger partial charge in [0.25, 0.3) is 5.91 Å². The second kappa shape index (κ2) is 5.35. The molecule has 0 radical (unpaired) electrons. The third-order valence-electron chi connectivity index (χ3n) is 3.05. The van der Waals surface area contributed by atoms with Crippen LogP contribution in [-0.4, -0.2) is 49.0 Å². The lowest BCUT2D eigenvalue weighted by atomic mass is 10.2. The molecule has 0 atom stereocenters. The molecule has 0 aromatic carbocycles. The van der Waals surface area contributed by atoms with Crippen molar-refractivity contribution in [1.82, 2.24) is 9.88 Å². The van der Waals surface area contributed by atoms with Crippen molar-refractivity contribution in [3.63, 3.8) is 0 Å². The Bertz CT molecular complexity index is 412. The summed E-state index contributed by atoms with van der Waals surface area (Å²) in [6.45, 7) is 1.44. The van der Waals surface area contributed by atoms with Crippen LogP contribution in [0.25, 0.3) is 0 Å². The normalized spacial score (nSPS) is 14.4. The van der Waals surface area contributed by atoms with E-state index in [1.807, 2.05) is 12.1 Å². The summed E-state index contributed by atoms with van der Waals surface area (Å²) in [5, 5.41) is 0. The fourth-order valence-corrected chi connectivity index (χ4v) is 1.95. The molecule has 1 amide bonds. The molecule has 0 saturated heterocycles. The maximum absolute atomic E-state index is 11.7. The Kier molecular flexibility index (Phi) is 3.81. The third-order valence-corrected chi connectivity index (χ3v) is 3.05. The molecule has 1 fully saturated rings. The molecule has 1 aromatic heterocycles. The molecule has 1 aliphatic carbocycles. The van der Waals surface area contributed by atoms with Crippen molar-refractivity contribution in [3.8, 4) is 0 Å². The molecule has 2 N–H and O–H groups in total. The van der Waals surface area contributed by atoms with Crippen LogP contribution >= 0.6 is 0 Å². The van der Waals surface area contributed by atoms with E-state index in [1.165, 1.54) is 12.8 Å². The zero-order chi connectivity index (χ0) is 13.1. The first-order valence-corrected chi connectivity index (χ1v) is 6.28. The fraction of sp³-hybridized carbons (Fsp3) is 0.538. The number of rotatable bonds is 5. The molecule has 1 aromatic rings. The fourth-order valence-electron chi connectivity index (χ4n) is 1.95. The van der Waals surface area contributed by atoms with Gasteiger partial charge in [0.1, 0.15) is 5.82 Å². The Hall–Kier alpha value is -1.62. The average Bonchev–Trinajstić information content (AvgIpc) is 3.19. The van der Waals surface area contributed by atoms with E-state index >= 15 is 0 Å². The summed E-state index contributed by atoms with van der Waals surface area (Å²) in [5.74, 6) is 0.893. The van der Waals surface area contributed by atoms with Crippen molar-refractivity contribution in [3.05, 3.63) is 23.9 Å². The average molecular weight is 248 g/mol. The van der Waals surface area contributed by atoms with Gasteiger partial charge < -0.3 is 15.5 Å². The van der Waals surface area contributed by atoms with Crippen LogP contribution in [0.4, 0.5) is 5.82 Å². The van der Waals surface area contributed by atoms with Gasteiger partial charge in [-0.1, -0.05) is 0 Å². The molecule has 5 nitrogen and oxygen atoms in total. The minimum Gasteiger partial charge on any atom is -0.352 e. The summed E-state index contributed by atoms with van der Waals surface area (Å²) in [7, 11) is 3.47. The lowest BCUT2D eigenvalue weighted by Gasteiger charge is -2.22. The van der Waals surface area contributed by atoms with Crippen molar-refractivity contribution < 1.29 is 4.79 Å². The van der Waals surface area contributed by atoms with Crippen molar-refractivity contribution in [2.75, 3.05) is 32.1 Å². The summed E-state index contributed by atoms with van der Waals surface area (Å²) in [6.07, 6.45) is 4.06. The number of pyridine rings is 1. The number of nitrogens with two attached hydrogens (primary N) is 1. The van der Waals surface area contributed by atoms with Gasteiger partial charge in [0.2, 0.25) is 0 Å². The molecule has 0 spiro atoms. The van der Waals surface area contributed by atoms with Gasteiger partial charge in [-0.05, 0) is 25.0 Å². The zero-order valence-corrected chi connectivity index (χ0v) is 11.0. The van der Waals surface area contributed by atoms with Gasteiger partial charge in [-0.2, -0.15) is 0 Å². The Labute approximate surface area is 108 Å². The number of anilines is 1. The lowest BCUT2D eigenvalue weighted by molar-refractivity contribution is 0.0827. The summed E-state index contributed by atoms with van der Waals surface area (Å²) < 4.78 is 0. The van der Waals surface area contributed by atoms with Crippen LogP contribution in [0.5, 0.6) is 0 Å². The highest BCUT2D eigenvalue weighted by atomic mass is 16.2. The van der Waals surface area contributed by atoms with Gasteiger partial charge in [0.15, 0.2) is 0 Å². The van der Waals surface area contributed by atoms with Gasteiger partial charge >= 0.3 is 0 Å². The van der Waals surface area contributed by atoms with E-state index < -0.39 is 0 Å². The summed E-state index contributed by atoms with van der Waals surface area (Å²) in [4.78, 5) is 19.9. The van der Waals surface area contributed by atoms with Crippen LogP contribution in [0, 0.1) is 0 Å². The third kappa shape index (κ3) is 2.79. The number of carbonyl (C=O) groups excluding carboxylic acids is 1. The largest absolute Gasteiger partial charge is 0.352 e. The van der Waals surface area contributed by atoms with Crippen molar-refractivity contribution in [2.45, 2.75) is 18.9 Å². The van der Waals surface area contributed by atoms with Gasteiger partial charge in [-0.15, -0.1) is 0 Å². The van der Waals surface area contributed by atoms with Crippen LogP contribution in [-0.2, 0) is 0 Å². The molecule has 0 aliphatic heterocycles. The molecule has 0 bridgehead atoms. The highest BCUT2D eigenvalue weighted by molar-refractivity contribution is 5.93.